The summed E-state index contributed by atoms with van der Waals surface area (Å²) < 4.78 is 0. The fourth-order valence-corrected chi connectivity index (χ4v) is 3.18. The molecule has 1 N–H and O–H groups in total. The van der Waals surface area contributed by atoms with Crippen LogP contribution in [-0.2, 0) is 6.42 Å². The number of aromatic nitrogens is 2. The lowest BCUT2D eigenvalue weighted by Crippen LogP contribution is -2.35. The summed E-state index contributed by atoms with van der Waals surface area (Å²) >= 11 is 0. The van der Waals surface area contributed by atoms with Gasteiger partial charge in [0.2, 0.25) is 0 Å². The van der Waals surface area contributed by atoms with Crippen molar-refractivity contribution in [3.63, 3.8) is 0 Å². The third-order valence-corrected chi connectivity index (χ3v) is 4.26. The quantitative estimate of drug-likeness (QED) is 0.883. The number of aryl methyl sites for hydroxylation is 1. The van der Waals surface area contributed by atoms with Crippen molar-refractivity contribution in [3.05, 3.63) is 22.2 Å². The van der Waals surface area contributed by atoms with Crippen molar-refractivity contribution in [1.82, 2.24) is 14.9 Å². The zero-order valence-electron chi connectivity index (χ0n) is 11.6. The maximum absolute atomic E-state index is 11.6. The van der Waals surface area contributed by atoms with Crippen molar-refractivity contribution >= 4 is 5.82 Å². The van der Waals surface area contributed by atoms with Crippen LogP contribution < -0.4 is 10.5 Å². The number of hydrogen-bond acceptors (Lipinski definition) is 4. The highest BCUT2D eigenvalue weighted by Gasteiger charge is 2.29. The van der Waals surface area contributed by atoms with E-state index in [-0.39, 0.29) is 5.56 Å². The minimum atomic E-state index is -0.0357. The maximum Gasteiger partial charge on any atom is 0.252 e. The van der Waals surface area contributed by atoms with Crippen LogP contribution in [-0.4, -0.2) is 47.1 Å². The molecule has 1 atom stereocenters. The van der Waals surface area contributed by atoms with Gasteiger partial charge in [0.25, 0.3) is 5.56 Å². The molecule has 104 valence electrons. The molecule has 0 saturated carbocycles. The largest absolute Gasteiger partial charge is 0.355 e. The van der Waals surface area contributed by atoms with E-state index in [2.05, 4.69) is 19.8 Å². The lowest BCUT2D eigenvalue weighted by Gasteiger charge is -2.24. The number of rotatable bonds is 3. The van der Waals surface area contributed by atoms with E-state index in [0.29, 0.717) is 6.04 Å². The molecule has 5 heteroatoms. The summed E-state index contributed by atoms with van der Waals surface area (Å²) in [6.07, 6.45) is 4.63. The molecule has 2 aliphatic rings. The van der Waals surface area contributed by atoms with Crippen molar-refractivity contribution in [1.29, 1.82) is 0 Å². The van der Waals surface area contributed by atoms with Gasteiger partial charge in [0, 0.05) is 31.6 Å². The van der Waals surface area contributed by atoms with E-state index < -0.39 is 0 Å². The molecule has 3 rings (SSSR count). The Labute approximate surface area is 113 Å². The Bertz CT molecular complexity index is 492. The fourth-order valence-electron chi connectivity index (χ4n) is 3.18. The average molecular weight is 262 g/mol. The number of likely N-dealkylation sites (tertiary alicyclic amines) is 1. The normalized spacial score (nSPS) is 24.3. The van der Waals surface area contributed by atoms with E-state index >= 15 is 0 Å². The fraction of sp³-hybridized carbons (Fsp3) is 0.714. The predicted octanol–water partition coefficient (Wildman–Crippen LogP) is 1.01. The first kappa shape index (κ1) is 12.7. The van der Waals surface area contributed by atoms with Gasteiger partial charge in [0.05, 0.1) is 0 Å². The lowest BCUT2D eigenvalue weighted by molar-refractivity contribution is 0.260. The monoisotopic (exact) mass is 262 g/mol. The van der Waals surface area contributed by atoms with Gasteiger partial charge in [-0.05, 0) is 32.4 Å². The van der Waals surface area contributed by atoms with Crippen LogP contribution >= 0.6 is 0 Å². The molecule has 19 heavy (non-hydrogen) atoms. The van der Waals surface area contributed by atoms with E-state index in [1.807, 2.05) is 6.92 Å². The molecule has 5 nitrogen and oxygen atoms in total. The third kappa shape index (κ3) is 2.66. The molecule has 1 aromatic rings. The van der Waals surface area contributed by atoms with Crippen molar-refractivity contribution in [2.75, 3.05) is 31.1 Å². The minimum absolute atomic E-state index is 0.0357. The van der Waals surface area contributed by atoms with Gasteiger partial charge in [-0.25, -0.2) is 4.98 Å². The van der Waals surface area contributed by atoms with E-state index in [9.17, 15) is 4.79 Å². The second kappa shape index (κ2) is 5.33. The molecule has 1 aromatic heterocycles. The Hall–Kier alpha value is -1.36. The molecule has 1 unspecified atom stereocenters. The topological polar surface area (TPSA) is 52.2 Å². The predicted molar refractivity (Wildman–Crippen MR) is 75.7 cm³/mol. The first-order chi connectivity index (χ1) is 9.26. The van der Waals surface area contributed by atoms with Crippen LogP contribution in [0, 0.1) is 0 Å². The van der Waals surface area contributed by atoms with Gasteiger partial charge in [-0.15, -0.1) is 0 Å². The van der Waals surface area contributed by atoms with E-state index in [4.69, 9.17) is 0 Å². The molecule has 0 aromatic carbocycles. The van der Waals surface area contributed by atoms with Gasteiger partial charge in [-0.2, -0.15) is 0 Å². The third-order valence-electron chi connectivity index (χ3n) is 4.26. The number of aromatic amines is 1. The standard InChI is InChI=1S/C14H22N4O/c1-2-12-15-13(9-14(19)16-12)18-8-5-11(10-18)17-6-3-4-7-17/h9,11H,2-8,10H2,1H3,(H,15,16,19). The number of anilines is 1. The molecule has 3 heterocycles. The van der Waals surface area contributed by atoms with Gasteiger partial charge < -0.3 is 9.88 Å². The van der Waals surface area contributed by atoms with E-state index in [1.165, 1.54) is 32.4 Å². The molecule has 0 bridgehead atoms. The molecule has 0 aliphatic carbocycles. The van der Waals surface area contributed by atoms with Gasteiger partial charge in [0.1, 0.15) is 11.6 Å². The number of nitrogens with one attached hydrogen (secondary N) is 1. The molecule has 0 spiro atoms. The summed E-state index contributed by atoms with van der Waals surface area (Å²) in [5, 5.41) is 0. The first-order valence-electron chi connectivity index (χ1n) is 7.35. The molecule has 0 amide bonds. The van der Waals surface area contributed by atoms with Crippen LogP contribution in [0.15, 0.2) is 10.9 Å². The highest BCUT2D eigenvalue weighted by Crippen LogP contribution is 2.23. The summed E-state index contributed by atoms with van der Waals surface area (Å²) in [5.74, 6) is 1.63. The molecule has 2 fully saturated rings. The number of H-pyrrole nitrogens is 1. The van der Waals surface area contributed by atoms with E-state index in [0.717, 1.165) is 31.2 Å². The molecular formula is C14H22N4O. The Balaban J connectivity index is 1.73. The number of nitrogens with zero attached hydrogens (tertiary/aromatic N) is 3. The van der Waals surface area contributed by atoms with Gasteiger partial charge in [-0.3, -0.25) is 9.69 Å². The first-order valence-corrected chi connectivity index (χ1v) is 7.35. The van der Waals surface area contributed by atoms with E-state index in [1.54, 1.807) is 6.07 Å². The Morgan fingerprint density at radius 3 is 2.89 bits per heavy atom. The SMILES string of the molecule is CCc1nc(N2CCC(N3CCCC3)C2)cc(=O)[nH]1. The Morgan fingerprint density at radius 2 is 2.16 bits per heavy atom. The number of hydrogen-bond donors (Lipinski definition) is 1. The minimum Gasteiger partial charge on any atom is -0.355 e. The van der Waals surface area contributed by atoms with Crippen LogP contribution in [0.25, 0.3) is 0 Å². The molecule has 2 aliphatic heterocycles. The molecule has 2 saturated heterocycles. The van der Waals surface area contributed by atoms with Crippen LogP contribution in [0.5, 0.6) is 0 Å². The summed E-state index contributed by atoms with van der Waals surface area (Å²) in [7, 11) is 0. The van der Waals surface area contributed by atoms with Crippen molar-refractivity contribution in [3.8, 4) is 0 Å². The average Bonchev–Trinajstić information content (AvgIpc) is 3.08. The van der Waals surface area contributed by atoms with Gasteiger partial charge in [0.15, 0.2) is 0 Å². The van der Waals surface area contributed by atoms with Crippen molar-refractivity contribution in [2.24, 2.45) is 0 Å². The second-order valence-electron chi connectivity index (χ2n) is 5.54. The van der Waals surface area contributed by atoms with Crippen LogP contribution in [0.2, 0.25) is 0 Å². The lowest BCUT2D eigenvalue weighted by atomic mass is 10.2. The summed E-state index contributed by atoms with van der Waals surface area (Å²) in [5.41, 5.74) is -0.0357. The van der Waals surface area contributed by atoms with Crippen molar-refractivity contribution in [2.45, 2.75) is 38.6 Å². The Morgan fingerprint density at radius 1 is 1.37 bits per heavy atom. The molecular weight excluding hydrogens is 240 g/mol. The summed E-state index contributed by atoms with van der Waals surface area (Å²) in [4.78, 5) is 23.8. The maximum atomic E-state index is 11.6. The van der Waals surface area contributed by atoms with Crippen molar-refractivity contribution < 1.29 is 0 Å². The highest BCUT2D eigenvalue weighted by molar-refractivity contribution is 5.39. The summed E-state index contributed by atoms with van der Waals surface area (Å²) in [6.45, 7) is 6.52. The molecule has 0 radical (unpaired) electrons. The van der Waals surface area contributed by atoms with Gasteiger partial charge >= 0.3 is 0 Å². The zero-order valence-corrected chi connectivity index (χ0v) is 11.6. The Kier molecular flexibility index (Phi) is 3.55. The summed E-state index contributed by atoms with van der Waals surface area (Å²) in [6, 6.07) is 2.28. The highest BCUT2D eigenvalue weighted by atomic mass is 16.1. The second-order valence-corrected chi connectivity index (χ2v) is 5.54. The van der Waals surface area contributed by atoms with Crippen LogP contribution in [0.1, 0.15) is 32.0 Å². The van der Waals surface area contributed by atoms with Crippen LogP contribution in [0.4, 0.5) is 5.82 Å². The van der Waals surface area contributed by atoms with Gasteiger partial charge in [-0.1, -0.05) is 6.92 Å². The zero-order chi connectivity index (χ0) is 13.2. The van der Waals surface area contributed by atoms with Crippen LogP contribution in [0.3, 0.4) is 0 Å². The smallest absolute Gasteiger partial charge is 0.252 e.